The number of nitrogens with one attached hydrogen (secondary N) is 1. The first-order valence-electron chi connectivity index (χ1n) is 10.9. The Morgan fingerprint density at radius 2 is 2.06 bits per heavy atom. The first kappa shape index (κ1) is 21.1. The molecule has 2 aliphatic carbocycles. The molecule has 0 aromatic heterocycles. The number of rotatable bonds is 5. The Hall–Kier alpha value is -3.15. The molecule has 0 saturated heterocycles. The van der Waals surface area contributed by atoms with Crippen molar-refractivity contribution in [2.75, 3.05) is 13.7 Å². The lowest BCUT2D eigenvalue weighted by atomic mass is 9.87. The Morgan fingerprint density at radius 1 is 1.26 bits per heavy atom. The summed E-state index contributed by atoms with van der Waals surface area (Å²) in [4.78, 5) is 26.0. The van der Waals surface area contributed by atoms with Gasteiger partial charge in [-0.3, -0.25) is 4.79 Å². The summed E-state index contributed by atoms with van der Waals surface area (Å²) in [6, 6.07) is 7.60. The zero-order valence-corrected chi connectivity index (χ0v) is 18.0. The lowest BCUT2D eigenvalue weighted by Gasteiger charge is -2.27. The summed E-state index contributed by atoms with van der Waals surface area (Å²) < 4.78 is 12.8. The minimum Gasteiger partial charge on any atom is -0.497 e. The van der Waals surface area contributed by atoms with E-state index in [-0.39, 0.29) is 30.2 Å². The molecule has 6 nitrogen and oxygen atoms in total. The molecule has 162 valence electrons. The lowest BCUT2D eigenvalue weighted by Crippen LogP contribution is -2.48. The molecule has 1 fully saturated rings. The van der Waals surface area contributed by atoms with E-state index in [1.807, 2.05) is 48.6 Å². The van der Waals surface area contributed by atoms with Crippen LogP contribution in [0.25, 0.3) is 6.08 Å². The lowest BCUT2D eigenvalue weighted by molar-refractivity contribution is -0.443. The fourth-order valence-electron chi connectivity index (χ4n) is 4.26. The van der Waals surface area contributed by atoms with Crippen LogP contribution >= 0.6 is 0 Å². The number of ether oxygens (including phenoxy) is 2. The third kappa shape index (κ3) is 4.95. The third-order valence-corrected chi connectivity index (χ3v) is 6.05. The van der Waals surface area contributed by atoms with Crippen LogP contribution in [0.5, 0.6) is 5.75 Å². The highest BCUT2D eigenvalue weighted by molar-refractivity contribution is 6.06. The number of hydrogen-bond acceptors (Lipinski definition) is 4. The first-order chi connectivity index (χ1) is 15.0. The van der Waals surface area contributed by atoms with Gasteiger partial charge in [0.1, 0.15) is 5.75 Å². The van der Waals surface area contributed by atoms with Gasteiger partial charge in [-0.25, -0.2) is 4.79 Å². The second kappa shape index (κ2) is 9.33. The summed E-state index contributed by atoms with van der Waals surface area (Å²) in [6.45, 7) is 2.23. The van der Waals surface area contributed by atoms with E-state index in [4.69, 9.17) is 9.47 Å². The van der Waals surface area contributed by atoms with Crippen LogP contribution in [0.2, 0.25) is 0 Å². The van der Waals surface area contributed by atoms with E-state index >= 15 is 0 Å². The maximum atomic E-state index is 13.3. The van der Waals surface area contributed by atoms with Crippen LogP contribution in [0, 0.1) is 5.92 Å². The zero-order valence-electron chi connectivity index (χ0n) is 18.0. The number of methoxy groups -OCH3 is 1. The summed E-state index contributed by atoms with van der Waals surface area (Å²) in [5.74, 6) is 1.17. The molecule has 1 aliphatic heterocycles. The molecule has 3 aliphatic rings. The number of fused-ring (bicyclic) bond motifs is 1. The van der Waals surface area contributed by atoms with Crippen molar-refractivity contribution in [3.8, 4) is 5.75 Å². The van der Waals surface area contributed by atoms with Gasteiger partial charge in [0.2, 0.25) is 24.1 Å². The van der Waals surface area contributed by atoms with Gasteiger partial charge in [0, 0.05) is 12.1 Å². The molecular weight excluding hydrogens is 392 g/mol. The van der Waals surface area contributed by atoms with Gasteiger partial charge in [-0.2, -0.15) is 0 Å². The van der Waals surface area contributed by atoms with Crippen molar-refractivity contribution in [2.24, 2.45) is 5.92 Å². The van der Waals surface area contributed by atoms with Gasteiger partial charge in [-0.15, -0.1) is 4.58 Å². The molecule has 31 heavy (non-hydrogen) atoms. The molecule has 0 spiro atoms. The van der Waals surface area contributed by atoms with E-state index in [0.29, 0.717) is 17.4 Å². The number of hydrogen-bond donors (Lipinski definition) is 1. The highest BCUT2D eigenvalue weighted by Crippen LogP contribution is 2.24. The number of nitrogens with zero attached hydrogens (tertiary/aromatic N) is 1. The predicted molar refractivity (Wildman–Crippen MR) is 119 cm³/mol. The monoisotopic (exact) mass is 421 g/mol. The van der Waals surface area contributed by atoms with Crippen LogP contribution in [0.4, 0.5) is 0 Å². The van der Waals surface area contributed by atoms with Gasteiger partial charge < -0.3 is 14.8 Å². The highest BCUT2D eigenvalue weighted by atomic mass is 16.5. The average molecular weight is 422 g/mol. The number of benzene rings is 1. The third-order valence-electron chi connectivity index (χ3n) is 6.05. The molecule has 1 N–H and O–H groups in total. The topological polar surface area (TPSA) is 67.6 Å². The summed E-state index contributed by atoms with van der Waals surface area (Å²) >= 11 is 0. The highest BCUT2D eigenvalue weighted by Gasteiger charge is 2.40. The Morgan fingerprint density at radius 3 is 2.84 bits per heavy atom. The second-order valence-corrected chi connectivity index (χ2v) is 8.41. The van der Waals surface area contributed by atoms with Crippen molar-refractivity contribution in [1.29, 1.82) is 0 Å². The van der Waals surface area contributed by atoms with Crippen molar-refractivity contribution in [1.82, 2.24) is 5.32 Å². The molecule has 2 amide bonds. The average Bonchev–Trinajstić information content (AvgIpc) is 2.78. The van der Waals surface area contributed by atoms with Gasteiger partial charge in [0.15, 0.2) is 0 Å². The Bertz CT molecular complexity index is 981. The standard InChI is InChI=1S/C25H28N2O4/c1-17-10-12-19(13-11-17)26-24(28)16-27-21-8-3-4-9-22(21)31-23(25(27)29)15-18-6-5-7-20(14-18)30-2/h3-9,14-15,17,19,22H,10-13,16H2,1-2H3/p+1/b23-15+. The Labute approximate surface area is 182 Å². The molecule has 1 aromatic rings. The number of allylic oxidation sites excluding steroid dienone is 2. The molecule has 1 aromatic carbocycles. The van der Waals surface area contributed by atoms with E-state index < -0.39 is 6.10 Å². The molecular formula is C25H29N2O4+. The molecule has 1 saturated carbocycles. The number of carbonyl (C=O) groups is 2. The SMILES string of the molecule is COc1cccc(/C=C2/OC3C=CC=CC3=[N+](CC(=O)NC3CCC(C)CC3)C2=O)c1. The van der Waals surface area contributed by atoms with Gasteiger partial charge in [0.05, 0.1) is 7.11 Å². The summed E-state index contributed by atoms with van der Waals surface area (Å²) in [6.07, 6.45) is 13.0. The van der Waals surface area contributed by atoms with Crippen LogP contribution < -0.4 is 10.1 Å². The molecule has 1 atom stereocenters. The smallest absolute Gasteiger partial charge is 0.455 e. The van der Waals surface area contributed by atoms with Crippen LogP contribution in [0.1, 0.15) is 38.2 Å². The predicted octanol–water partition coefficient (Wildman–Crippen LogP) is 3.24. The van der Waals surface area contributed by atoms with Gasteiger partial charge in [0.25, 0.3) is 5.91 Å². The number of amides is 2. The Kier molecular flexibility index (Phi) is 6.35. The van der Waals surface area contributed by atoms with Crippen molar-refractivity contribution in [2.45, 2.75) is 44.8 Å². The van der Waals surface area contributed by atoms with E-state index in [0.717, 1.165) is 31.2 Å². The van der Waals surface area contributed by atoms with Gasteiger partial charge in [-0.1, -0.05) is 31.2 Å². The quantitative estimate of drug-likeness (QED) is 0.586. The maximum absolute atomic E-state index is 13.3. The molecule has 0 bridgehead atoms. The minimum absolute atomic E-state index is 0.0201. The van der Waals surface area contributed by atoms with Crippen LogP contribution in [0.3, 0.4) is 0 Å². The summed E-state index contributed by atoms with van der Waals surface area (Å²) in [7, 11) is 1.60. The summed E-state index contributed by atoms with van der Waals surface area (Å²) in [5.41, 5.74) is 1.48. The van der Waals surface area contributed by atoms with Crippen molar-refractivity contribution >= 4 is 23.6 Å². The molecule has 6 heteroatoms. The molecule has 0 radical (unpaired) electrons. The van der Waals surface area contributed by atoms with Crippen molar-refractivity contribution in [3.63, 3.8) is 0 Å². The molecule has 4 rings (SSSR count). The minimum atomic E-state index is -0.400. The van der Waals surface area contributed by atoms with Crippen LogP contribution in [0.15, 0.2) is 54.3 Å². The number of carbonyl (C=O) groups excluding carboxylic acids is 2. The fourth-order valence-corrected chi connectivity index (χ4v) is 4.26. The summed E-state index contributed by atoms with van der Waals surface area (Å²) in [5, 5.41) is 3.12. The normalized spacial score (nSPS) is 26.5. The van der Waals surface area contributed by atoms with E-state index in [1.54, 1.807) is 13.2 Å². The fraction of sp³-hybridized carbons (Fsp3) is 0.400. The van der Waals surface area contributed by atoms with E-state index in [1.165, 1.54) is 4.58 Å². The van der Waals surface area contributed by atoms with Gasteiger partial charge >= 0.3 is 5.91 Å². The zero-order chi connectivity index (χ0) is 21.8. The van der Waals surface area contributed by atoms with E-state index in [9.17, 15) is 9.59 Å². The van der Waals surface area contributed by atoms with Crippen LogP contribution in [-0.2, 0) is 14.3 Å². The first-order valence-corrected chi connectivity index (χ1v) is 10.9. The molecule has 1 unspecified atom stereocenters. The molecule has 1 heterocycles. The van der Waals surface area contributed by atoms with Crippen molar-refractivity contribution < 1.29 is 23.6 Å². The van der Waals surface area contributed by atoms with Crippen molar-refractivity contribution in [3.05, 3.63) is 59.9 Å². The Balaban J connectivity index is 1.55. The maximum Gasteiger partial charge on any atom is 0.455 e. The van der Waals surface area contributed by atoms with E-state index in [2.05, 4.69) is 12.2 Å². The largest absolute Gasteiger partial charge is 0.497 e. The second-order valence-electron chi connectivity index (χ2n) is 8.41. The van der Waals surface area contributed by atoms with Crippen LogP contribution in [-0.4, -0.2) is 47.9 Å². The van der Waals surface area contributed by atoms with Gasteiger partial charge in [-0.05, 0) is 61.4 Å².